The number of fused-ring (bicyclic) bond motifs is 1. The van der Waals surface area contributed by atoms with E-state index in [4.69, 9.17) is 0 Å². The van der Waals surface area contributed by atoms with Gasteiger partial charge < -0.3 is 9.13 Å². The first-order valence-corrected chi connectivity index (χ1v) is 10.4. The van der Waals surface area contributed by atoms with Gasteiger partial charge in [0.25, 0.3) is 10.0 Å². The van der Waals surface area contributed by atoms with Crippen molar-refractivity contribution < 1.29 is 13.2 Å². The molecule has 0 spiro atoms. The van der Waals surface area contributed by atoms with E-state index in [9.17, 15) is 18.5 Å². The minimum atomic E-state index is -4.02. The summed E-state index contributed by atoms with van der Waals surface area (Å²) in [6, 6.07) is 2.57. The average Bonchev–Trinajstić information content (AvgIpc) is 3.33. The van der Waals surface area contributed by atoms with Crippen LogP contribution in [-0.2, 0) is 41.9 Å². The third kappa shape index (κ3) is 3.56. The molecule has 0 aliphatic carbocycles. The molecule has 3 aromatic heterocycles. The quantitative estimate of drug-likeness (QED) is 0.599. The zero-order valence-electron chi connectivity index (χ0n) is 16.2. The minimum absolute atomic E-state index is 0.0740. The summed E-state index contributed by atoms with van der Waals surface area (Å²) in [7, 11) is -0.568. The van der Waals surface area contributed by atoms with Gasteiger partial charge in [0.2, 0.25) is 5.91 Å². The molecule has 0 bridgehead atoms. The molecule has 1 aliphatic heterocycles. The number of sulfonamides is 1. The van der Waals surface area contributed by atoms with Crippen molar-refractivity contribution in [3.63, 3.8) is 0 Å². The second-order valence-electron chi connectivity index (χ2n) is 6.99. The van der Waals surface area contributed by atoms with Crippen LogP contribution in [0.3, 0.4) is 0 Å². The fraction of sp³-hybridized carbons (Fsp3) is 0.278. The largest absolute Gasteiger partial charge is 0.339 e. The van der Waals surface area contributed by atoms with Crippen molar-refractivity contribution in [3.05, 3.63) is 54.1 Å². The second kappa shape index (κ2) is 7.36. The molecule has 30 heavy (non-hydrogen) atoms. The lowest BCUT2D eigenvalue weighted by Crippen LogP contribution is -2.53. The number of amides is 1. The lowest BCUT2D eigenvalue weighted by Gasteiger charge is -2.33. The molecule has 1 amide bonds. The Morgan fingerprint density at radius 1 is 1.27 bits per heavy atom. The summed E-state index contributed by atoms with van der Waals surface area (Å²) in [5, 5.41) is 9.02. The molecule has 1 aliphatic rings. The first kappa shape index (κ1) is 19.7. The normalized spacial score (nSPS) is 16.4. The summed E-state index contributed by atoms with van der Waals surface area (Å²) in [6.45, 7) is 0.156. The molecule has 0 saturated carbocycles. The van der Waals surface area contributed by atoms with Crippen molar-refractivity contribution in [2.24, 2.45) is 14.1 Å². The lowest BCUT2D eigenvalue weighted by atomic mass is 9.99. The number of imidazole rings is 2. The molecule has 3 aromatic rings. The van der Waals surface area contributed by atoms with Gasteiger partial charge in [-0.25, -0.2) is 23.4 Å². The maximum absolute atomic E-state index is 13.2. The van der Waals surface area contributed by atoms with Crippen LogP contribution < -0.4 is 9.62 Å². The number of carbonyl (C=O) groups excluding carboxylic acids is 1. The zero-order chi connectivity index (χ0) is 21.5. The molecule has 154 valence electrons. The van der Waals surface area contributed by atoms with Gasteiger partial charge in [-0.1, -0.05) is 0 Å². The van der Waals surface area contributed by atoms with E-state index in [2.05, 4.69) is 19.7 Å². The summed E-state index contributed by atoms with van der Waals surface area (Å²) in [5.41, 5.74) is 1.67. The van der Waals surface area contributed by atoms with Crippen LogP contribution in [0.5, 0.6) is 0 Å². The van der Waals surface area contributed by atoms with Crippen LogP contribution >= 0.6 is 0 Å². The van der Waals surface area contributed by atoms with Crippen molar-refractivity contribution >= 4 is 21.7 Å². The van der Waals surface area contributed by atoms with E-state index in [0.717, 1.165) is 5.69 Å². The Balaban J connectivity index is 1.71. The molecule has 0 saturated heterocycles. The Kier molecular flexibility index (Phi) is 4.84. The number of rotatable bonds is 5. The Labute approximate surface area is 172 Å². The SMILES string of the molecule is Cn1cnc(S(=O)(=O)NC2Cc3cc(C#N)cnc3N(Cc3cncn3C)C2=O)c1. The number of nitrogens with one attached hydrogen (secondary N) is 1. The van der Waals surface area contributed by atoms with Crippen molar-refractivity contribution in [1.29, 1.82) is 5.26 Å². The van der Waals surface area contributed by atoms with E-state index in [0.29, 0.717) is 16.9 Å². The third-order valence-corrected chi connectivity index (χ3v) is 6.16. The summed E-state index contributed by atoms with van der Waals surface area (Å²) in [6.07, 6.45) is 7.42. The van der Waals surface area contributed by atoms with Crippen molar-refractivity contribution in [1.82, 2.24) is 28.8 Å². The van der Waals surface area contributed by atoms with E-state index in [1.165, 1.54) is 28.2 Å². The molecule has 0 radical (unpaired) electrons. The monoisotopic (exact) mass is 426 g/mol. The summed E-state index contributed by atoms with van der Waals surface area (Å²) in [4.78, 5) is 26.8. The van der Waals surface area contributed by atoms with Crippen molar-refractivity contribution in [2.75, 3.05) is 4.90 Å². The van der Waals surface area contributed by atoms with E-state index in [1.54, 1.807) is 37.3 Å². The van der Waals surface area contributed by atoms with Gasteiger partial charge in [0.1, 0.15) is 17.9 Å². The van der Waals surface area contributed by atoms with Gasteiger partial charge in [-0.2, -0.15) is 9.98 Å². The number of pyridine rings is 1. The highest BCUT2D eigenvalue weighted by molar-refractivity contribution is 7.89. The molecular formula is C18H18N8O3S. The molecule has 12 heteroatoms. The predicted octanol–water partition coefficient (Wildman–Crippen LogP) is -0.143. The fourth-order valence-corrected chi connectivity index (χ4v) is 4.45. The highest BCUT2D eigenvalue weighted by Crippen LogP contribution is 2.28. The van der Waals surface area contributed by atoms with E-state index >= 15 is 0 Å². The number of aryl methyl sites for hydroxylation is 2. The Hall–Kier alpha value is -3.56. The van der Waals surface area contributed by atoms with Crippen LogP contribution in [0.1, 0.15) is 16.8 Å². The summed E-state index contributed by atoms with van der Waals surface area (Å²) in [5.74, 6) is -0.0473. The molecule has 0 fully saturated rings. The maximum atomic E-state index is 13.2. The number of carbonyl (C=O) groups is 1. The van der Waals surface area contributed by atoms with Gasteiger partial charge in [0.05, 0.1) is 30.5 Å². The smallest absolute Gasteiger partial charge is 0.260 e. The first-order valence-electron chi connectivity index (χ1n) is 8.94. The number of nitrogens with zero attached hydrogens (tertiary/aromatic N) is 7. The third-order valence-electron chi connectivity index (χ3n) is 4.81. The van der Waals surface area contributed by atoms with Gasteiger partial charge in [0, 0.05) is 39.1 Å². The van der Waals surface area contributed by atoms with E-state index in [-0.39, 0.29) is 18.0 Å². The molecule has 11 nitrogen and oxygen atoms in total. The Morgan fingerprint density at radius 3 is 2.70 bits per heavy atom. The van der Waals surface area contributed by atoms with Crippen LogP contribution in [0, 0.1) is 11.3 Å². The standard InChI is InChI=1S/C18H18N8O3S/c1-24-9-16(22-11-24)30(28,29)23-15-4-13-3-12(5-19)6-21-17(13)26(18(15)27)8-14-7-20-10-25(14)2/h3,6-7,9-11,15,23H,4,8H2,1-2H3. The summed E-state index contributed by atoms with van der Waals surface area (Å²) >= 11 is 0. The van der Waals surface area contributed by atoms with Gasteiger partial charge in [0.15, 0.2) is 5.03 Å². The zero-order valence-corrected chi connectivity index (χ0v) is 17.0. The van der Waals surface area contributed by atoms with Crippen LogP contribution in [0.25, 0.3) is 0 Å². The van der Waals surface area contributed by atoms with E-state index < -0.39 is 22.0 Å². The fourth-order valence-electron chi connectivity index (χ4n) is 3.28. The lowest BCUT2D eigenvalue weighted by molar-refractivity contribution is -0.120. The number of anilines is 1. The molecule has 4 heterocycles. The number of hydrogen-bond acceptors (Lipinski definition) is 7. The van der Waals surface area contributed by atoms with Crippen LogP contribution in [0.2, 0.25) is 0 Å². The highest BCUT2D eigenvalue weighted by Gasteiger charge is 2.37. The van der Waals surface area contributed by atoms with Gasteiger partial charge in [-0.05, 0) is 11.6 Å². The first-order chi connectivity index (χ1) is 14.3. The molecule has 1 unspecified atom stereocenters. The molecule has 1 atom stereocenters. The van der Waals surface area contributed by atoms with Gasteiger partial charge in [-0.15, -0.1) is 0 Å². The molecule has 0 aromatic carbocycles. The van der Waals surface area contributed by atoms with Crippen LogP contribution in [0.4, 0.5) is 5.82 Å². The number of nitriles is 1. The molecular weight excluding hydrogens is 408 g/mol. The maximum Gasteiger partial charge on any atom is 0.260 e. The number of hydrogen-bond donors (Lipinski definition) is 1. The summed E-state index contributed by atoms with van der Waals surface area (Å²) < 4.78 is 31.2. The predicted molar refractivity (Wildman–Crippen MR) is 104 cm³/mol. The highest BCUT2D eigenvalue weighted by atomic mass is 32.2. The Bertz CT molecular complexity index is 1270. The van der Waals surface area contributed by atoms with Crippen molar-refractivity contribution in [3.8, 4) is 6.07 Å². The van der Waals surface area contributed by atoms with Crippen LogP contribution in [0.15, 0.2) is 42.3 Å². The average molecular weight is 426 g/mol. The molecule has 1 N–H and O–H groups in total. The van der Waals surface area contributed by atoms with Crippen molar-refractivity contribution in [2.45, 2.75) is 24.0 Å². The number of aromatic nitrogens is 5. The van der Waals surface area contributed by atoms with Crippen LogP contribution in [-0.4, -0.2) is 44.5 Å². The van der Waals surface area contributed by atoms with E-state index in [1.807, 2.05) is 6.07 Å². The minimum Gasteiger partial charge on any atom is -0.339 e. The van der Waals surface area contributed by atoms with Gasteiger partial charge >= 0.3 is 0 Å². The topological polar surface area (TPSA) is 139 Å². The molecule has 4 rings (SSSR count). The Morgan fingerprint density at radius 2 is 2.07 bits per heavy atom. The van der Waals surface area contributed by atoms with Gasteiger partial charge in [-0.3, -0.25) is 9.69 Å². The second-order valence-corrected chi connectivity index (χ2v) is 8.66.